The van der Waals surface area contributed by atoms with E-state index >= 15 is 0 Å². The number of hydrogen-bond acceptors (Lipinski definition) is 3. The number of aromatic nitrogens is 1. The van der Waals surface area contributed by atoms with E-state index in [1.165, 1.54) is 18.2 Å². The number of carboxylic acid groups (broad SMARTS) is 1. The maximum absolute atomic E-state index is 13.4. The predicted molar refractivity (Wildman–Crippen MR) is 77.4 cm³/mol. The molecule has 0 aliphatic carbocycles. The Bertz CT molecular complexity index is 798. The molecule has 7 heteroatoms. The molecule has 1 aromatic heterocycles. The molecule has 0 radical (unpaired) electrons. The minimum atomic E-state index is -1.20. The van der Waals surface area contributed by atoms with Crippen molar-refractivity contribution in [1.29, 1.82) is 0 Å². The number of rotatable bonds is 4. The summed E-state index contributed by atoms with van der Waals surface area (Å²) in [5.41, 5.74) is 0.0999. The molecule has 114 valence electrons. The molecule has 6 nitrogen and oxygen atoms in total. The van der Waals surface area contributed by atoms with Crippen LogP contribution in [0.3, 0.4) is 0 Å². The highest BCUT2D eigenvalue weighted by atomic mass is 19.1. The van der Waals surface area contributed by atoms with Gasteiger partial charge in [-0.2, -0.15) is 0 Å². The number of anilines is 1. The SMILES string of the molecule is Cc1ccc(NC(=O)Cn2cc(C(=O)O)ccc2=O)cc1F. The predicted octanol–water partition coefficient (Wildman–Crippen LogP) is 1.63. The monoisotopic (exact) mass is 304 g/mol. The molecule has 0 aliphatic heterocycles. The molecule has 0 unspecified atom stereocenters. The summed E-state index contributed by atoms with van der Waals surface area (Å²) in [6.45, 7) is 1.23. The quantitative estimate of drug-likeness (QED) is 0.898. The second-order valence-corrected chi connectivity index (χ2v) is 4.70. The molecule has 0 spiro atoms. The molecule has 1 heterocycles. The van der Waals surface area contributed by atoms with Gasteiger partial charge in [0.25, 0.3) is 5.56 Å². The number of carbonyl (C=O) groups is 2. The number of hydrogen-bond donors (Lipinski definition) is 2. The minimum Gasteiger partial charge on any atom is -0.478 e. The van der Waals surface area contributed by atoms with E-state index in [4.69, 9.17) is 5.11 Å². The number of halogens is 1. The molecule has 2 N–H and O–H groups in total. The smallest absolute Gasteiger partial charge is 0.337 e. The van der Waals surface area contributed by atoms with Crippen molar-refractivity contribution >= 4 is 17.6 Å². The van der Waals surface area contributed by atoms with Crippen LogP contribution < -0.4 is 10.9 Å². The summed E-state index contributed by atoms with van der Waals surface area (Å²) < 4.78 is 14.4. The Kier molecular flexibility index (Phi) is 4.36. The van der Waals surface area contributed by atoms with Gasteiger partial charge in [0.05, 0.1) is 5.56 Å². The first-order chi connectivity index (χ1) is 10.4. The van der Waals surface area contributed by atoms with Gasteiger partial charge in [-0.15, -0.1) is 0 Å². The number of carbonyl (C=O) groups excluding carboxylic acids is 1. The number of aromatic carboxylic acids is 1. The summed E-state index contributed by atoms with van der Waals surface area (Å²) in [4.78, 5) is 34.3. The van der Waals surface area contributed by atoms with Crippen LogP contribution in [-0.4, -0.2) is 21.6 Å². The number of aryl methyl sites for hydroxylation is 1. The number of nitrogens with one attached hydrogen (secondary N) is 1. The third-order valence-electron chi connectivity index (χ3n) is 3.00. The second-order valence-electron chi connectivity index (χ2n) is 4.70. The molecule has 1 amide bonds. The van der Waals surface area contributed by atoms with Crippen molar-refractivity contribution in [3.8, 4) is 0 Å². The molecular formula is C15H13FN2O4. The first-order valence-corrected chi connectivity index (χ1v) is 6.36. The first kappa shape index (κ1) is 15.4. The molecule has 0 saturated carbocycles. The van der Waals surface area contributed by atoms with Gasteiger partial charge >= 0.3 is 5.97 Å². The highest BCUT2D eigenvalue weighted by Crippen LogP contribution is 2.13. The van der Waals surface area contributed by atoms with Crippen molar-refractivity contribution in [3.63, 3.8) is 0 Å². The fourth-order valence-corrected chi connectivity index (χ4v) is 1.81. The molecule has 0 bridgehead atoms. The van der Waals surface area contributed by atoms with Gasteiger partial charge in [-0.1, -0.05) is 6.07 Å². The van der Waals surface area contributed by atoms with Gasteiger partial charge in [-0.05, 0) is 30.7 Å². The molecule has 0 saturated heterocycles. The number of benzene rings is 1. The standard InChI is InChI=1S/C15H13FN2O4/c1-9-2-4-11(6-12(9)16)17-13(19)8-18-7-10(15(21)22)3-5-14(18)20/h2-7H,8H2,1H3,(H,17,19)(H,21,22). The number of carboxylic acids is 1. The van der Waals surface area contributed by atoms with Crippen LogP contribution in [0.2, 0.25) is 0 Å². The minimum absolute atomic E-state index is 0.103. The van der Waals surface area contributed by atoms with Gasteiger partial charge in [-0.25, -0.2) is 9.18 Å². The van der Waals surface area contributed by atoms with Crippen LogP contribution in [0.1, 0.15) is 15.9 Å². The molecule has 2 aromatic rings. The lowest BCUT2D eigenvalue weighted by Crippen LogP contribution is -2.27. The van der Waals surface area contributed by atoms with E-state index in [0.717, 1.165) is 22.9 Å². The zero-order chi connectivity index (χ0) is 16.3. The molecule has 22 heavy (non-hydrogen) atoms. The Hall–Kier alpha value is -2.96. The molecule has 0 aliphatic rings. The van der Waals surface area contributed by atoms with Gasteiger partial charge in [0.15, 0.2) is 0 Å². The summed E-state index contributed by atoms with van der Waals surface area (Å²) >= 11 is 0. The number of pyridine rings is 1. The zero-order valence-electron chi connectivity index (χ0n) is 11.7. The summed E-state index contributed by atoms with van der Waals surface area (Å²) in [5.74, 6) is -2.22. The molecule has 0 fully saturated rings. The van der Waals surface area contributed by atoms with Crippen LogP contribution in [0.25, 0.3) is 0 Å². The van der Waals surface area contributed by atoms with Crippen molar-refractivity contribution in [1.82, 2.24) is 4.57 Å². The van der Waals surface area contributed by atoms with Crippen molar-refractivity contribution < 1.29 is 19.1 Å². The van der Waals surface area contributed by atoms with Crippen LogP contribution in [-0.2, 0) is 11.3 Å². The van der Waals surface area contributed by atoms with E-state index in [0.29, 0.717) is 5.56 Å². The van der Waals surface area contributed by atoms with Gasteiger partial charge in [0, 0.05) is 18.0 Å². The van der Waals surface area contributed by atoms with Crippen LogP contribution in [0.5, 0.6) is 0 Å². The van der Waals surface area contributed by atoms with Gasteiger partial charge in [-0.3, -0.25) is 9.59 Å². The van der Waals surface area contributed by atoms with Crippen LogP contribution in [0.4, 0.5) is 10.1 Å². The summed E-state index contributed by atoms with van der Waals surface area (Å²) in [6.07, 6.45) is 1.08. The van der Waals surface area contributed by atoms with Crippen molar-refractivity contribution in [3.05, 3.63) is 63.8 Å². The maximum atomic E-state index is 13.4. The zero-order valence-corrected chi connectivity index (χ0v) is 11.7. The Morgan fingerprint density at radius 1 is 1.27 bits per heavy atom. The Morgan fingerprint density at radius 2 is 2.00 bits per heavy atom. The van der Waals surface area contributed by atoms with Gasteiger partial charge in [0.2, 0.25) is 5.91 Å². The lowest BCUT2D eigenvalue weighted by atomic mass is 10.2. The number of amides is 1. The number of nitrogens with zero attached hydrogens (tertiary/aromatic N) is 1. The summed E-state index contributed by atoms with van der Waals surface area (Å²) in [7, 11) is 0. The fraction of sp³-hybridized carbons (Fsp3) is 0.133. The lowest BCUT2D eigenvalue weighted by molar-refractivity contribution is -0.116. The Morgan fingerprint density at radius 3 is 2.64 bits per heavy atom. The van der Waals surface area contributed by atoms with E-state index in [1.54, 1.807) is 6.92 Å². The third kappa shape index (κ3) is 3.57. The highest BCUT2D eigenvalue weighted by molar-refractivity contribution is 5.91. The van der Waals surface area contributed by atoms with Crippen LogP contribution in [0, 0.1) is 12.7 Å². The van der Waals surface area contributed by atoms with Gasteiger partial charge < -0.3 is 15.0 Å². The van der Waals surface area contributed by atoms with Crippen molar-refractivity contribution in [2.24, 2.45) is 0 Å². The van der Waals surface area contributed by atoms with Crippen LogP contribution >= 0.6 is 0 Å². The summed E-state index contributed by atoms with van der Waals surface area (Å²) in [5, 5.41) is 11.3. The third-order valence-corrected chi connectivity index (χ3v) is 3.00. The van der Waals surface area contributed by atoms with Crippen molar-refractivity contribution in [2.75, 3.05) is 5.32 Å². The average molecular weight is 304 g/mol. The Balaban J connectivity index is 2.15. The fourth-order valence-electron chi connectivity index (χ4n) is 1.81. The van der Waals surface area contributed by atoms with E-state index in [9.17, 15) is 18.8 Å². The lowest BCUT2D eigenvalue weighted by Gasteiger charge is -2.08. The molecule has 0 atom stereocenters. The normalized spacial score (nSPS) is 10.3. The Labute approximate surface area is 124 Å². The summed E-state index contributed by atoms with van der Waals surface area (Å²) in [6, 6.07) is 6.45. The van der Waals surface area contributed by atoms with E-state index in [2.05, 4.69) is 5.32 Å². The molecule has 2 rings (SSSR count). The largest absolute Gasteiger partial charge is 0.478 e. The van der Waals surface area contributed by atoms with E-state index in [-0.39, 0.29) is 17.8 Å². The van der Waals surface area contributed by atoms with Crippen LogP contribution in [0.15, 0.2) is 41.3 Å². The van der Waals surface area contributed by atoms with E-state index in [1.807, 2.05) is 0 Å². The molecule has 1 aromatic carbocycles. The average Bonchev–Trinajstić information content (AvgIpc) is 2.45. The molecular weight excluding hydrogens is 291 g/mol. The second kappa shape index (κ2) is 6.21. The highest BCUT2D eigenvalue weighted by Gasteiger charge is 2.09. The first-order valence-electron chi connectivity index (χ1n) is 6.36. The van der Waals surface area contributed by atoms with Gasteiger partial charge in [0.1, 0.15) is 12.4 Å². The van der Waals surface area contributed by atoms with E-state index < -0.39 is 23.3 Å². The maximum Gasteiger partial charge on any atom is 0.337 e. The van der Waals surface area contributed by atoms with Crippen molar-refractivity contribution in [2.45, 2.75) is 13.5 Å². The topological polar surface area (TPSA) is 88.4 Å².